The SMILES string of the molecule is COc1ccc(NCCC=N)c(N(C)S(C)(=O)=O)n1. The molecule has 1 aromatic rings. The normalized spacial score (nSPS) is 10.9. The molecule has 0 fully saturated rings. The molecule has 2 N–H and O–H groups in total. The summed E-state index contributed by atoms with van der Waals surface area (Å²) >= 11 is 0. The Hall–Kier alpha value is -1.83. The minimum absolute atomic E-state index is 0.270. The van der Waals surface area contributed by atoms with E-state index in [1.807, 2.05) is 0 Å². The van der Waals surface area contributed by atoms with Crippen LogP contribution in [-0.4, -0.2) is 46.6 Å². The fourth-order valence-corrected chi connectivity index (χ4v) is 1.81. The van der Waals surface area contributed by atoms with Crippen molar-refractivity contribution in [3.05, 3.63) is 12.1 Å². The second-order valence-corrected chi connectivity index (χ2v) is 5.89. The first-order valence-corrected chi connectivity index (χ1v) is 7.46. The highest BCUT2D eigenvalue weighted by Gasteiger charge is 2.18. The number of pyridine rings is 1. The molecule has 19 heavy (non-hydrogen) atoms. The molecular formula is C11H18N4O3S. The first-order chi connectivity index (χ1) is 8.90. The molecule has 106 valence electrons. The average molecular weight is 286 g/mol. The van der Waals surface area contributed by atoms with Gasteiger partial charge in [0.15, 0.2) is 5.82 Å². The molecule has 7 nitrogen and oxygen atoms in total. The lowest BCUT2D eigenvalue weighted by Crippen LogP contribution is -2.27. The summed E-state index contributed by atoms with van der Waals surface area (Å²) in [6.45, 7) is 0.530. The van der Waals surface area contributed by atoms with Gasteiger partial charge in [0.1, 0.15) is 0 Å². The lowest BCUT2D eigenvalue weighted by molar-refractivity contribution is 0.398. The lowest BCUT2D eigenvalue weighted by Gasteiger charge is -2.20. The van der Waals surface area contributed by atoms with Crippen molar-refractivity contribution in [3.8, 4) is 5.88 Å². The Kier molecular flexibility index (Phi) is 5.11. The van der Waals surface area contributed by atoms with Crippen molar-refractivity contribution in [2.75, 3.05) is 36.6 Å². The van der Waals surface area contributed by atoms with Gasteiger partial charge in [-0.1, -0.05) is 0 Å². The fourth-order valence-electron chi connectivity index (χ4n) is 1.36. The molecule has 0 aliphatic heterocycles. The zero-order valence-electron chi connectivity index (χ0n) is 11.2. The number of hydrogen-bond acceptors (Lipinski definition) is 6. The van der Waals surface area contributed by atoms with Crippen molar-refractivity contribution in [1.29, 1.82) is 5.41 Å². The van der Waals surface area contributed by atoms with Crippen LogP contribution >= 0.6 is 0 Å². The number of ether oxygens (including phenoxy) is 1. The van der Waals surface area contributed by atoms with Crippen LogP contribution in [0.5, 0.6) is 5.88 Å². The monoisotopic (exact) mass is 286 g/mol. The second-order valence-electron chi connectivity index (χ2n) is 3.87. The van der Waals surface area contributed by atoms with E-state index in [1.165, 1.54) is 20.4 Å². The van der Waals surface area contributed by atoms with Gasteiger partial charge in [0.2, 0.25) is 15.9 Å². The van der Waals surface area contributed by atoms with E-state index in [4.69, 9.17) is 10.1 Å². The number of nitrogens with zero attached hydrogens (tertiary/aromatic N) is 2. The van der Waals surface area contributed by atoms with Crippen molar-refractivity contribution in [3.63, 3.8) is 0 Å². The first kappa shape index (κ1) is 15.2. The number of rotatable bonds is 7. The summed E-state index contributed by atoms with van der Waals surface area (Å²) in [6.07, 6.45) is 2.94. The topological polar surface area (TPSA) is 95.4 Å². The van der Waals surface area contributed by atoms with E-state index in [1.54, 1.807) is 12.1 Å². The van der Waals surface area contributed by atoms with Gasteiger partial charge >= 0.3 is 0 Å². The maximum atomic E-state index is 11.6. The van der Waals surface area contributed by atoms with Crippen LogP contribution in [-0.2, 0) is 10.0 Å². The number of methoxy groups -OCH3 is 1. The Labute approximate surface area is 113 Å². The van der Waals surface area contributed by atoms with Crippen LogP contribution in [0, 0.1) is 5.41 Å². The molecule has 0 aromatic carbocycles. The van der Waals surface area contributed by atoms with Crippen molar-refractivity contribution >= 4 is 27.7 Å². The highest BCUT2D eigenvalue weighted by molar-refractivity contribution is 7.92. The number of nitrogens with one attached hydrogen (secondary N) is 2. The maximum Gasteiger partial charge on any atom is 0.233 e. The summed E-state index contributed by atoms with van der Waals surface area (Å²) in [7, 11) is -0.507. The zero-order valence-corrected chi connectivity index (χ0v) is 12.0. The van der Waals surface area contributed by atoms with Crippen molar-refractivity contribution in [2.24, 2.45) is 0 Å². The Morgan fingerprint density at radius 2 is 2.21 bits per heavy atom. The number of anilines is 2. The van der Waals surface area contributed by atoms with Gasteiger partial charge in [-0.15, -0.1) is 0 Å². The fraction of sp³-hybridized carbons (Fsp3) is 0.455. The molecule has 0 atom stereocenters. The minimum Gasteiger partial charge on any atom is -0.481 e. The van der Waals surface area contributed by atoms with Crippen LogP contribution < -0.4 is 14.4 Å². The van der Waals surface area contributed by atoms with Gasteiger partial charge in [0.05, 0.1) is 19.1 Å². The molecule has 0 unspecified atom stereocenters. The van der Waals surface area contributed by atoms with Crippen molar-refractivity contribution in [2.45, 2.75) is 6.42 Å². The van der Waals surface area contributed by atoms with E-state index in [2.05, 4.69) is 10.3 Å². The molecule has 0 radical (unpaired) electrons. The van der Waals surface area contributed by atoms with Gasteiger partial charge in [0, 0.05) is 19.7 Å². The van der Waals surface area contributed by atoms with Gasteiger partial charge in [-0.2, -0.15) is 4.98 Å². The Bertz CT molecular complexity index is 545. The molecule has 8 heteroatoms. The van der Waals surface area contributed by atoms with Gasteiger partial charge in [-0.25, -0.2) is 8.42 Å². The van der Waals surface area contributed by atoms with Crippen LogP contribution in [0.15, 0.2) is 12.1 Å². The third-order valence-electron chi connectivity index (χ3n) is 2.46. The van der Waals surface area contributed by atoms with Crippen LogP contribution in [0.1, 0.15) is 6.42 Å². The van der Waals surface area contributed by atoms with E-state index < -0.39 is 10.0 Å². The largest absolute Gasteiger partial charge is 0.481 e. The summed E-state index contributed by atoms with van der Waals surface area (Å²) in [5.41, 5.74) is 0.579. The van der Waals surface area contributed by atoms with E-state index in [9.17, 15) is 8.42 Å². The van der Waals surface area contributed by atoms with Crippen molar-refractivity contribution in [1.82, 2.24) is 4.98 Å². The smallest absolute Gasteiger partial charge is 0.233 e. The highest BCUT2D eigenvalue weighted by Crippen LogP contribution is 2.27. The average Bonchev–Trinajstić information content (AvgIpc) is 2.37. The standard InChI is InChI=1S/C11H18N4O3S/c1-15(19(3,16)17)11-9(13-8-4-7-12)5-6-10(14-11)18-2/h5-7,12-13H,4,8H2,1-3H3. The summed E-state index contributed by atoms with van der Waals surface area (Å²) in [5, 5.41) is 10.0. The molecular weight excluding hydrogens is 268 g/mol. The number of sulfonamides is 1. The predicted molar refractivity (Wildman–Crippen MR) is 75.9 cm³/mol. The minimum atomic E-state index is -3.40. The molecule has 0 aliphatic rings. The van der Waals surface area contributed by atoms with Gasteiger partial charge in [-0.05, 0) is 18.7 Å². The van der Waals surface area contributed by atoms with E-state index in [-0.39, 0.29) is 5.82 Å². The molecule has 0 bridgehead atoms. The summed E-state index contributed by atoms with van der Waals surface area (Å²) in [4.78, 5) is 4.14. The molecule has 0 aliphatic carbocycles. The van der Waals surface area contributed by atoms with Crippen LogP contribution in [0.3, 0.4) is 0 Å². The van der Waals surface area contributed by atoms with Gasteiger partial charge < -0.3 is 15.5 Å². The predicted octanol–water partition coefficient (Wildman–Crippen LogP) is 0.938. The summed E-state index contributed by atoms with van der Waals surface area (Å²) < 4.78 is 29.3. The van der Waals surface area contributed by atoms with Crippen LogP contribution in [0.25, 0.3) is 0 Å². The van der Waals surface area contributed by atoms with Crippen LogP contribution in [0.2, 0.25) is 0 Å². The van der Waals surface area contributed by atoms with Crippen molar-refractivity contribution < 1.29 is 13.2 Å². The van der Waals surface area contributed by atoms with E-state index >= 15 is 0 Å². The molecule has 0 saturated heterocycles. The molecule has 0 saturated carbocycles. The lowest BCUT2D eigenvalue weighted by atomic mass is 10.3. The van der Waals surface area contributed by atoms with Crippen LogP contribution in [0.4, 0.5) is 11.5 Å². The quantitative estimate of drug-likeness (QED) is 0.574. The molecule has 0 spiro atoms. The Balaban J connectivity index is 3.12. The third-order valence-corrected chi connectivity index (χ3v) is 3.63. The summed E-state index contributed by atoms with van der Waals surface area (Å²) in [5.74, 6) is 0.606. The number of aromatic nitrogens is 1. The Morgan fingerprint density at radius 3 is 2.74 bits per heavy atom. The Morgan fingerprint density at radius 1 is 1.53 bits per heavy atom. The molecule has 0 amide bonds. The van der Waals surface area contributed by atoms with E-state index in [0.29, 0.717) is 24.5 Å². The third kappa shape index (κ3) is 4.09. The number of hydrogen-bond donors (Lipinski definition) is 2. The maximum absolute atomic E-state index is 11.6. The molecule has 1 rings (SSSR count). The van der Waals surface area contributed by atoms with Gasteiger partial charge in [0.25, 0.3) is 0 Å². The van der Waals surface area contributed by atoms with E-state index in [0.717, 1.165) is 10.6 Å². The second kappa shape index (κ2) is 6.37. The molecule has 1 aromatic heterocycles. The first-order valence-electron chi connectivity index (χ1n) is 5.62. The van der Waals surface area contributed by atoms with Gasteiger partial charge in [-0.3, -0.25) is 4.31 Å². The molecule has 1 heterocycles. The zero-order chi connectivity index (χ0) is 14.5. The summed E-state index contributed by atoms with van der Waals surface area (Å²) in [6, 6.07) is 3.35. The highest BCUT2D eigenvalue weighted by atomic mass is 32.2.